The van der Waals surface area contributed by atoms with Crippen LogP contribution in [0.4, 0.5) is 0 Å². The van der Waals surface area contributed by atoms with Gasteiger partial charge in [0.05, 0.1) is 49.3 Å². The van der Waals surface area contributed by atoms with Crippen molar-refractivity contribution in [2.24, 2.45) is 29.6 Å². The van der Waals surface area contributed by atoms with Crippen LogP contribution in [0.25, 0.3) is 0 Å². The number of amides is 1. The number of aliphatic hydroxyl groups is 2. The summed E-state index contributed by atoms with van der Waals surface area (Å²) in [7, 11) is 3.29. The standard InChI is InChI=1S/C59H93NO14/c1-11-46(36-61)71-51-28-25-44(32-54(51)69-10)31-41(6)53-35-50(64)40(5)30-39(4)49(63)33-45(62)26-23-37(2)18-13-12-14-19-38(3)52(68-9)34-47-27-24-42(7)59(73-47,74-55-22-17-20-43(8)70-55)56(65)57(66)60-29-16-15-21-48(60)58(67)72-53/h12-14,18-19,30,37,40-44,46-49,51-55,61,63H,11,15-17,20-29,31-36H2,1-10H3/b14-12+,18-13+,38-19+,39-30+/t37-,40-,41-,42-,43-,44+,46+,47+,48+,49+,51-,52+,53?,54-,55?,59+/m1/s1. The first-order valence-electron chi connectivity index (χ1n) is 28.1. The van der Waals surface area contributed by atoms with Crippen LogP contribution >= 0.6 is 0 Å². The molecule has 1 amide bonds. The van der Waals surface area contributed by atoms with Gasteiger partial charge in [-0.1, -0.05) is 71.1 Å². The van der Waals surface area contributed by atoms with Crippen molar-refractivity contribution in [1.82, 2.24) is 4.90 Å². The number of allylic oxidation sites excluding steroid dienone is 6. The average Bonchev–Trinajstić information content (AvgIpc) is 3.38. The molecule has 3 saturated heterocycles. The molecule has 1 saturated carbocycles. The van der Waals surface area contributed by atoms with E-state index in [1.54, 1.807) is 34.1 Å². The van der Waals surface area contributed by atoms with E-state index in [9.17, 15) is 24.6 Å². The molecule has 5 rings (SSSR count). The summed E-state index contributed by atoms with van der Waals surface area (Å²) in [6.07, 6.45) is 16.3. The molecule has 5 aliphatic rings. The Hall–Kier alpha value is -3.41. The SMILES string of the molecule is CC[C@@H](CO)O[C@@H]1CC[C@@H](C[C@@H](C)C2CC(=O)[C@H](C)/C=C(\C)[C@@H](O)CC(=O)CC[C@H](C)/C=C/C=C/C=C(\C)[C@@H](OC)C[C@@H]3CC[C@@H](C)[C@@](OC4CCC[C@@H](C)O4)(O3)C(=O)C(=O)N3CCCC[C@H]3C(=O)O2)C[C@H]1OC. The molecule has 1 aliphatic carbocycles. The van der Waals surface area contributed by atoms with Gasteiger partial charge in [0.15, 0.2) is 6.29 Å². The third kappa shape index (κ3) is 17.3. The van der Waals surface area contributed by atoms with Crippen LogP contribution in [0.2, 0.25) is 0 Å². The normalized spacial score (nSPS) is 38.6. The highest BCUT2D eigenvalue weighted by Crippen LogP contribution is 2.42. The molecule has 74 heavy (non-hydrogen) atoms. The molecule has 0 aromatic rings. The number of carbonyl (C=O) groups is 5. The third-order valence-electron chi connectivity index (χ3n) is 16.5. The number of fused-ring (bicyclic) bond motifs is 3. The van der Waals surface area contributed by atoms with Gasteiger partial charge in [-0.3, -0.25) is 19.2 Å². The summed E-state index contributed by atoms with van der Waals surface area (Å²) in [6, 6.07) is -1.11. The Kier molecular flexibility index (Phi) is 24.9. The Morgan fingerprint density at radius 3 is 2.31 bits per heavy atom. The highest BCUT2D eigenvalue weighted by molar-refractivity contribution is 6.39. The second-order valence-corrected chi connectivity index (χ2v) is 22.5. The molecule has 418 valence electrons. The summed E-state index contributed by atoms with van der Waals surface area (Å²) in [4.78, 5) is 73.8. The quantitative estimate of drug-likeness (QED) is 0.113. The number of aliphatic hydroxyl groups excluding tert-OH is 2. The Bertz CT molecular complexity index is 1960. The van der Waals surface area contributed by atoms with Crippen LogP contribution in [0.1, 0.15) is 171 Å². The number of cyclic esters (lactones) is 1. The van der Waals surface area contributed by atoms with Crippen LogP contribution in [0.3, 0.4) is 0 Å². The maximum absolute atomic E-state index is 15.3. The van der Waals surface area contributed by atoms with Crippen molar-refractivity contribution in [2.75, 3.05) is 27.4 Å². The van der Waals surface area contributed by atoms with Crippen LogP contribution in [0, 0.1) is 29.6 Å². The van der Waals surface area contributed by atoms with Gasteiger partial charge >= 0.3 is 5.97 Å². The highest BCUT2D eigenvalue weighted by atomic mass is 16.8. The van der Waals surface area contributed by atoms with Gasteiger partial charge in [0, 0.05) is 58.3 Å². The molecule has 4 fully saturated rings. The van der Waals surface area contributed by atoms with E-state index >= 15 is 9.59 Å². The van der Waals surface area contributed by atoms with E-state index < -0.39 is 65.9 Å². The molecule has 0 radical (unpaired) electrons. The summed E-state index contributed by atoms with van der Waals surface area (Å²) >= 11 is 0. The molecule has 0 spiro atoms. The van der Waals surface area contributed by atoms with Gasteiger partial charge in [0.25, 0.3) is 11.7 Å². The zero-order valence-electron chi connectivity index (χ0n) is 46.5. The largest absolute Gasteiger partial charge is 0.460 e. The molecular weight excluding hydrogens is 947 g/mol. The van der Waals surface area contributed by atoms with Gasteiger partial charge in [0.2, 0.25) is 5.79 Å². The lowest BCUT2D eigenvalue weighted by Gasteiger charge is -2.47. The fourth-order valence-electron chi connectivity index (χ4n) is 11.5. The Morgan fingerprint density at radius 2 is 1.61 bits per heavy atom. The number of rotatable bonds is 11. The predicted octanol–water partition coefficient (Wildman–Crippen LogP) is 9.04. The van der Waals surface area contributed by atoms with E-state index in [0.717, 1.165) is 24.8 Å². The minimum Gasteiger partial charge on any atom is -0.460 e. The molecule has 2 bridgehead atoms. The van der Waals surface area contributed by atoms with E-state index in [1.807, 2.05) is 71.9 Å². The molecule has 4 heterocycles. The van der Waals surface area contributed by atoms with E-state index in [4.69, 9.17) is 33.2 Å². The summed E-state index contributed by atoms with van der Waals surface area (Å²) in [5.41, 5.74) is 1.44. The first-order valence-corrected chi connectivity index (χ1v) is 28.1. The van der Waals surface area contributed by atoms with Gasteiger partial charge in [-0.15, -0.1) is 0 Å². The van der Waals surface area contributed by atoms with Gasteiger partial charge in [-0.25, -0.2) is 4.79 Å². The van der Waals surface area contributed by atoms with Crippen molar-refractivity contribution in [1.29, 1.82) is 0 Å². The number of nitrogens with zero attached hydrogens (tertiary/aromatic N) is 1. The van der Waals surface area contributed by atoms with E-state index in [0.29, 0.717) is 82.6 Å². The minimum atomic E-state index is -2.00. The first kappa shape index (κ1) is 61.4. The lowest BCUT2D eigenvalue weighted by Crippen LogP contribution is -2.63. The fraction of sp³-hybridized carbons (Fsp3) is 0.780. The zero-order chi connectivity index (χ0) is 54.1. The van der Waals surface area contributed by atoms with Crippen LogP contribution in [0.5, 0.6) is 0 Å². The van der Waals surface area contributed by atoms with Crippen LogP contribution < -0.4 is 0 Å². The molecule has 16 atom stereocenters. The fourth-order valence-corrected chi connectivity index (χ4v) is 11.5. The lowest BCUT2D eigenvalue weighted by molar-refractivity contribution is -0.346. The van der Waals surface area contributed by atoms with Crippen molar-refractivity contribution < 1.29 is 67.3 Å². The molecule has 2 unspecified atom stereocenters. The summed E-state index contributed by atoms with van der Waals surface area (Å²) in [6.45, 7) is 15.3. The number of ketones is 3. The molecule has 15 heteroatoms. The first-order chi connectivity index (χ1) is 35.3. The maximum Gasteiger partial charge on any atom is 0.329 e. The van der Waals surface area contributed by atoms with Crippen LogP contribution in [-0.2, 0) is 57.1 Å². The number of esters is 1. The highest BCUT2D eigenvalue weighted by Gasteiger charge is 2.57. The predicted molar refractivity (Wildman–Crippen MR) is 281 cm³/mol. The second-order valence-electron chi connectivity index (χ2n) is 22.5. The molecular formula is C59H93NO14. The van der Waals surface area contributed by atoms with Crippen LogP contribution in [0.15, 0.2) is 47.6 Å². The number of hydrogen-bond donors (Lipinski definition) is 2. The van der Waals surface area contributed by atoms with E-state index in [1.165, 1.54) is 4.90 Å². The molecule has 0 aromatic carbocycles. The smallest absolute Gasteiger partial charge is 0.329 e. The van der Waals surface area contributed by atoms with E-state index in [-0.39, 0.29) is 92.3 Å². The van der Waals surface area contributed by atoms with Crippen molar-refractivity contribution in [3.05, 3.63) is 47.6 Å². The summed E-state index contributed by atoms with van der Waals surface area (Å²) < 4.78 is 44.4. The molecule has 0 aromatic heterocycles. The number of methoxy groups -OCH3 is 2. The Morgan fingerprint density at radius 1 is 0.838 bits per heavy atom. The third-order valence-corrected chi connectivity index (χ3v) is 16.5. The molecule has 15 nitrogen and oxygen atoms in total. The van der Waals surface area contributed by atoms with Crippen molar-refractivity contribution in [3.63, 3.8) is 0 Å². The zero-order valence-corrected chi connectivity index (χ0v) is 46.5. The molecule has 2 N–H and O–H groups in total. The number of hydrogen-bond acceptors (Lipinski definition) is 14. The van der Waals surface area contributed by atoms with Gasteiger partial charge in [0.1, 0.15) is 23.7 Å². The summed E-state index contributed by atoms with van der Waals surface area (Å²) in [5.74, 6) is -6.02. The van der Waals surface area contributed by atoms with Crippen LogP contribution in [-0.4, -0.2) is 139 Å². The number of ether oxygens (including phenoxy) is 7. The second kappa shape index (κ2) is 29.9. The van der Waals surface area contributed by atoms with Gasteiger partial charge in [-0.05, 0) is 140 Å². The molecule has 4 aliphatic heterocycles. The Balaban J connectivity index is 1.49. The lowest BCUT2D eigenvalue weighted by atomic mass is 9.78. The van der Waals surface area contributed by atoms with Crippen molar-refractivity contribution in [2.45, 2.75) is 238 Å². The van der Waals surface area contributed by atoms with E-state index in [2.05, 4.69) is 0 Å². The monoisotopic (exact) mass is 1040 g/mol. The maximum atomic E-state index is 15.3. The minimum absolute atomic E-state index is 0.0683. The van der Waals surface area contributed by atoms with Gasteiger partial charge in [-0.2, -0.15) is 0 Å². The topological polar surface area (TPSA) is 194 Å². The summed E-state index contributed by atoms with van der Waals surface area (Å²) in [5, 5.41) is 21.0. The number of Topliss-reactive ketones (excluding diaryl/α,β-unsaturated/α-hetero) is 3. The number of piperidine rings is 1. The average molecular weight is 1040 g/mol. The Labute approximate surface area is 442 Å². The van der Waals surface area contributed by atoms with Crippen molar-refractivity contribution in [3.8, 4) is 0 Å². The van der Waals surface area contributed by atoms with Gasteiger partial charge < -0.3 is 48.3 Å². The van der Waals surface area contributed by atoms with Crippen molar-refractivity contribution >= 4 is 29.2 Å². The number of carbonyl (C=O) groups excluding carboxylic acids is 5.